The SMILES string of the molecule is COc1ccc(-c2ccc(/C=C3/SC(=O)N(Cc4ccc(Br)cc4)C3=O)o2)c([N+](=O)[O-])c1. The Kier molecular flexibility index (Phi) is 6.15. The summed E-state index contributed by atoms with van der Waals surface area (Å²) in [4.78, 5) is 37.4. The predicted octanol–water partition coefficient (Wildman–Crippen LogP) is 5.86. The van der Waals surface area contributed by atoms with E-state index in [9.17, 15) is 19.7 Å². The highest BCUT2D eigenvalue weighted by Crippen LogP contribution is 2.37. The second kappa shape index (κ2) is 9.01. The first-order valence-electron chi connectivity index (χ1n) is 9.28. The van der Waals surface area contributed by atoms with Gasteiger partial charge in [0.05, 0.1) is 35.1 Å². The highest BCUT2D eigenvalue weighted by Gasteiger charge is 2.35. The van der Waals surface area contributed by atoms with Crippen LogP contribution in [0, 0.1) is 10.1 Å². The van der Waals surface area contributed by atoms with Gasteiger partial charge in [0, 0.05) is 10.5 Å². The van der Waals surface area contributed by atoms with Crippen molar-refractivity contribution in [1.82, 2.24) is 4.90 Å². The summed E-state index contributed by atoms with van der Waals surface area (Å²) in [5.74, 6) is 0.502. The van der Waals surface area contributed by atoms with Crippen molar-refractivity contribution in [3.63, 3.8) is 0 Å². The smallest absolute Gasteiger partial charge is 0.293 e. The minimum Gasteiger partial charge on any atom is -0.497 e. The summed E-state index contributed by atoms with van der Waals surface area (Å²) in [6.07, 6.45) is 1.46. The fourth-order valence-corrected chi connectivity index (χ4v) is 4.19. The number of methoxy groups -OCH3 is 1. The van der Waals surface area contributed by atoms with Crippen LogP contribution in [0.2, 0.25) is 0 Å². The van der Waals surface area contributed by atoms with E-state index in [1.807, 2.05) is 24.3 Å². The normalized spacial score (nSPS) is 14.9. The average molecular weight is 515 g/mol. The molecule has 0 aliphatic carbocycles. The molecule has 0 radical (unpaired) electrons. The standard InChI is InChI=1S/C22H15BrN2O6S/c1-30-15-6-8-17(18(10-15)25(28)29)19-9-7-16(31-19)11-20-21(26)24(22(27)32-20)12-13-2-4-14(23)5-3-13/h2-11H,12H2,1H3/b20-11+. The van der Waals surface area contributed by atoms with Gasteiger partial charge in [-0.2, -0.15) is 0 Å². The van der Waals surface area contributed by atoms with Crippen molar-refractivity contribution in [2.45, 2.75) is 6.54 Å². The summed E-state index contributed by atoms with van der Waals surface area (Å²) >= 11 is 4.17. The zero-order valence-electron chi connectivity index (χ0n) is 16.6. The van der Waals surface area contributed by atoms with E-state index in [1.165, 1.54) is 25.3 Å². The number of ether oxygens (including phenoxy) is 1. The van der Waals surface area contributed by atoms with Crippen LogP contribution < -0.4 is 4.74 Å². The number of benzene rings is 2. The van der Waals surface area contributed by atoms with Crippen LogP contribution in [0.15, 0.2) is 68.4 Å². The van der Waals surface area contributed by atoms with E-state index in [0.717, 1.165) is 26.7 Å². The number of nitro benzene ring substituents is 1. The molecule has 0 unspecified atom stereocenters. The summed E-state index contributed by atoms with van der Waals surface area (Å²) < 4.78 is 11.7. The third-order valence-corrected chi connectivity index (χ3v) is 6.13. The number of hydrogen-bond donors (Lipinski definition) is 0. The van der Waals surface area contributed by atoms with Gasteiger partial charge in [-0.3, -0.25) is 24.6 Å². The zero-order valence-corrected chi connectivity index (χ0v) is 19.0. The molecule has 162 valence electrons. The molecule has 1 aliphatic rings. The van der Waals surface area contributed by atoms with Crippen LogP contribution in [0.25, 0.3) is 17.4 Å². The van der Waals surface area contributed by atoms with Gasteiger partial charge in [0.15, 0.2) is 0 Å². The van der Waals surface area contributed by atoms with Crippen LogP contribution >= 0.6 is 27.7 Å². The summed E-state index contributed by atoms with van der Waals surface area (Å²) in [7, 11) is 1.42. The lowest BCUT2D eigenvalue weighted by molar-refractivity contribution is -0.384. The highest BCUT2D eigenvalue weighted by atomic mass is 79.9. The molecular formula is C22H15BrN2O6S. The van der Waals surface area contributed by atoms with Crippen molar-refractivity contribution in [2.75, 3.05) is 7.11 Å². The molecule has 1 fully saturated rings. The number of rotatable bonds is 6. The van der Waals surface area contributed by atoms with Crippen LogP contribution in [0.3, 0.4) is 0 Å². The molecule has 1 saturated heterocycles. The second-order valence-electron chi connectivity index (χ2n) is 6.74. The van der Waals surface area contributed by atoms with Crippen LogP contribution in [-0.4, -0.2) is 28.1 Å². The third-order valence-electron chi connectivity index (χ3n) is 4.69. The molecule has 2 aromatic carbocycles. The van der Waals surface area contributed by atoms with Crippen LogP contribution in [-0.2, 0) is 11.3 Å². The van der Waals surface area contributed by atoms with E-state index >= 15 is 0 Å². The van der Waals surface area contributed by atoms with Gasteiger partial charge < -0.3 is 9.15 Å². The quantitative estimate of drug-likeness (QED) is 0.230. The number of nitro groups is 1. The first-order valence-corrected chi connectivity index (χ1v) is 10.9. The summed E-state index contributed by atoms with van der Waals surface area (Å²) in [6, 6.07) is 14.9. The van der Waals surface area contributed by atoms with Gasteiger partial charge in [-0.05, 0) is 53.7 Å². The number of furan rings is 1. The molecule has 0 saturated carbocycles. The molecule has 1 aliphatic heterocycles. The Morgan fingerprint density at radius 2 is 1.91 bits per heavy atom. The van der Waals surface area contributed by atoms with Crippen LogP contribution in [0.1, 0.15) is 11.3 Å². The number of hydrogen-bond acceptors (Lipinski definition) is 7. The maximum absolute atomic E-state index is 12.7. The van der Waals surface area contributed by atoms with Crippen LogP contribution in [0.5, 0.6) is 5.75 Å². The van der Waals surface area contributed by atoms with E-state index < -0.39 is 10.8 Å². The van der Waals surface area contributed by atoms with Crippen molar-refractivity contribution in [1.29, 1.82) is 0 Å². The Morgan fingerprint density at radius 1 is 1.16 bits per heavy atom. The summed E-state index contributed by atoms with van der Waals surface area (Å²) in [6.45, 7) is 0.163. The molecule has 3 aromatic rings. The topological polar surface area (TPSA) is 103 Å². The first-order chi connectivity index (χ1) is 15.4. The third kappa shape index (κ3) is 4.46. The van der Waals surface area contributed by atoms with Crippen LogP contribution in [0.4, 0.5) is 10.5 Å². The Balaban J connectivity index is 1.57. The van der Waals surface area contributed by atoms with Crippen molar-refractivity contribution >= 4 is 50.6 Å². The number of carbonyl (C=O) groups is 2. The molecule has 0 N–H and O–H groups in total. The van der Waals surface area contributed by atoms with Gasteiger partial charge in [-0.25, -0.2) is 0 Å². The molecular weight excluding hydrogens is 500 g/mol. The monoisotopic (exact) mass is 514 g/mol. The van der Waals surface area contributed by atoms with Crippen molar-refractivity contribution in [3.05, 3.63) is 85.4 Å². The van der Waals surface area contributed by atoms with Gasteiger partial charge >= 0.3 is 0 Å². The number of amides is 2. The number of imide groups is 1. The van der Waals surface area contributed by atoms with E-state index in [4.69, 9.17) is 9.15 Å². The van der Waals surface area contributed by atoms with Gasteiger partial charge in [-0.15, -0.1) is 0 Å². The minimum atomic E-state index is -0.520. The molecule has 2 amide bonds. The van der Waals surface area contributed by atoms with Gasteiger partial charge in [0.1, 0.15) is 17.3 Å². The molecule has 8 nitrogen and oxygen atoms in total. The molecule has 0 spiro atoms. The molecule has 0 atom stereocenters. The number of carbonyl (C=O) groups excluding carboxylic acids is 2. The number of thioether (sulfide) groups is 1. The Morgan fingerprint density at radius 3 is 2.59 bits per heavy atom. The second-order valence-corrected chi connectivity index (χ2v) is 8.65. The molecule has 2 heterocycles. The molecule has 32 heavy (non-hydrogen) atoms. The first kappa shape index (κ1) is 21.8. The average Bonchev–Trinajstić information content (AvgIpc) is 3.35. The van der Waals surface area contributed by atoms with Crippen molar-refractivity contribution < 1.29 is 23.7 Å². The number of halogens is 1. The lowest BCUT2D eigenvalue weighted by Crippen LogP contribution is -2.27. The fraction of sp³-hybridized carbons (Fsp3) is 0.0909. The summed E-state index contributed by atoms with van der Waals surface area (Å²) in [5, 5.41) is 11.1. The number of nitrogens with zero attached hydrogens (tertiary/aromatic N) is 2. The van der Waals surface area contributed by atoms with Crippen molar-refractivity contribution in [3.8, 4) is 17.1 Å². The predicted molar refractivity (Wildman–Crippen MR) is 123 cm³/mol. The molecule has 0 bridgehead atoms. The Bertz CT molecular complexity index is 1250. The zero-order chi connectivity index (χ0) is 22.8. The lowest BCUT2D eigenvalue weighted by Gasteiger charge is -2.12. The molecule has 4 rings (SSSR count). The maximum Gasteiger partial charge on any atom is 0.293 e. The Hall–Kier alpha value is -3.37. The lowest BCUT2D eigenvalue weighted by atomic mass is 10.1. The van der Waals surface area contributed by atoms with E-state index in [0.29, 0.717) is 11.5 Å². The fourth-order valence-electron chi connectivity index (χ4n) is 3.11. The minimum absolute atomic E-state index is 0.163. The largest absolute Gasteiger partial charge is 0.497 e. The van der Waals surface area contributed by atoms with Gasteiger partial charge in [-0.1, -0.05) is 28.1 Å². The van der Waals surface area contributed by atoms with Gasteiger partial charge in [0.25, 0.3) is 16.8 Å². The van der Waals surface area contributed by atoms with E-state index in [-0.39, 0.29) is 33.7 Å². The maximum atomic E-state index is 12.7. The van der Waals surface area contributed by atoms with E-state index in [1.54, 1.807) is 18.2 Å². The van der Waals surface area contributed by atoms with E-state index in [2.05, 4.69) is 15.9 Å². The Labute approximate surface area is 195 Å². The molecule has 10 heteroatoms. The summed E-state index contributed by atoms with van der Waals surface area (Å²) in [5.41, 5.74) is 0.933. The van der Waals surface area contributed by atoms with Crippen molar-refractivity contribution in [2.24, 2.45) is 0 Å². The molecule has 1 aromatic heterocycles. The highest BCUT2D eigenvalue weighted by molar-refractivity contribution is 9.10. The van der Waals surface area contributed by atoms with Gasteiger partial charge in [0.2, 0.25) is 0 Å².